The summed E-state index contributed by atoms with van der Waals surface area (Å²) in [7, 11) is 0. The van der Waals surface area contributed by atoms with E-state index in [1.54, 1.807) is 27.7 Å². The van der Waals surface area contributed by atoms with Crippen molar-refractivity contribution in [2.24, 2.45) is 5.41 Å². The molecule has 0 aliphatic carbocycles. The molecule has 0 aromatic heterocycles. The lowest BCUT2D eigenvalue weighted by atomic mass is 9.81. The van der Waals surface area contributed by atoms with Crippen LogP contribution in [0.5, 0.6) is 0 Å². The van der Waals surface area contributed by atoms with Gasteiger partial charge in [0, 0.05) is 6.61 Å². The first kappa shape index (κ1) is 18.6. The predicted octanol–water partition coefficient (Wildman–Crippen LogP) is 3.09. The maximum atomic E-state index is 11.5. The van der Waals surface area contributed by atoms with E-state index in [1.165, 1.54) is 0 Å². The maximum Gasteiger partial charge on any atom is 0.334 e. The summed E-state index contributed by atoms with van der Waals surface area (Å²) in [5.74, 6) is -2.42. The summed E-state index contributed by atoms with van der Waals surface area (Å²) < 4.78 is 5.58. The highest BCUT2D eigenvalue weighted by Gasteiger charge is 2.34. The minimum Gasteiger partial charge on any atom is -0.478 e. The van der Waals surface area contributed by atoms with Gasteiger partial charge in [0.2, 0.25) is 0 Å². The number of unbranched alkanes of at least 4 members (excludes halogenated alkanes) is 1. The molecule has 0 aromatic carbocycles. The van der Waals surface area contributed by atoms with Gasteiger partial charge in [0.05, 0.1) is 17.3 Å². The quantitative estimate of drug-likeness (QED) is 0.529. The third-order valence-electron chi connectivity index (χ3n) is 2.97. The highest BCUT2D eigenvalue weighted by molar-refractivity contribution is 6.00. The van der Waals surface area contributed by atoms with Gasteiger partial charge in [-0.15, -0.1) is 0 Å². The van der Waals surface area contributed by atoms with Crippen LogP contribution in [0.3, 0.4) is 0 Å². The van der Waals surface area contributed by atoms with Crippen molar-refractivity contribution < 1.29 is 24.5 Å². The molecule has 0 aliphatic rings. The molecule has 0 heterocycles. The predicted molar refractivity (Wildman–Crippen MR) is 76.7 cm³/mol. The zero-order valence-corrected chi connectivity index (χ0v) is 13.0. The van der Waals surface area contributed by atoms with Crippen LogP contribution in [0.4, 0.5) is 0 Å². The Morgan fingerprint density at radius 2 is 1.65 bits per heavy atom. The fourth-order valence-corrected chi connectivity index (χ4v) is 2.02. The second kappa shape index (κ2) is 8.04. The Labute approximate surface area is 120 Å². The lowest BCUT2D eigenvalue weighted by Crippen LogP contribution is -2.30. The molecule has 0 amide bonds. The van der Waals surface area contributed by atoms with Gasteiger partial charge in [-0.1, -0.05) is 41.0 Å². The molecule has 5 heteroatoms. The summed E-state index contributed by atoms with van der Waals surface area (Å²) in [5.41, 5.74) is -0.988. The Kier molecular flexibility index (Phi) is 7.50. The van der Waals surface area contributed by atoms with Crippen LogP contribution in [0.2, 0.25) is 0 Å². The van der Waals surface area contributed by atoms with Crippen LogP contribution in [0.15, 0.2) is 11.1 Å². The van der Waals surface area contributed by atoms with Gasteiger partial charge in [-0.25, -0.2) is 9.59 Å². The van der Waals surface area contributed by atoms with Crippen molar-refractivity contribution in [2.45, 2.75) is 60.0 Å². The van der Waals surface area contributed by atoms with Gasteiger partial charge in [-0.05, 0) is 18.3 Å². The average molecular weight is 286 g/mol. The summed E-state index contributed by atoms with van der Waals surface area (Å²) >= 11 is 0. The van der Waals surface area contributed by atoms with Crippen molar-refractivity contribution >= 4 is 11.9 Å². The van der Waals surface area contributed by atoms with Crippen molar-refractivity contribution in [1.82, 2.24) is 0 Å². The smallest absolute Gasteiger partial charge is 0.334 e. The summed E-state index contributed by atoms with van der Waals surface area (Å²) in [6.45, 7) is 9.31. The molecule has 0 rings (SSSR count). The number of carboxylic acid groups (broad SMARTS) is 2. The number of aliphatic carboxylic acids is 2. The minimum atomic E-state index is -1.22. The van der Waals surface area contributed by atoms with Crippen LogP contribution in [0.1, 0.15) is 53.9 Å². The van der Waals surface area contributed by atoms with Gasteiger partial charge in [0.1, 0.15) is 0 Å². The Bertz CT molecular complexity index is 376. The van der Waals surface area contributed by atoms with Crippen LogP contribution < -0.4 is 0 Å². The van der Waals surface area contributed by atoms with Crippen molar-refractivity contribution in [2.75, 3.05) is 6.61 Å². The molecule has 0 aliphatic heterocycles. The van der Waals surface area contributed by atoms with Crippen molar-refractivity contribution in [1.29, 1.82) is 0 Å². The zero-order valence-electron chi connectivity index (χ0n) is 13.0. The standard InChI is InChI=1S/C15H26O5/c1-6-8-9-20-10(7-2)11(13(16)17)12(14(18)19)15(3,4)5/h10H,6-9H2,1-5H3,(H,16,17)(H,18,19). The van der Waals surface area contributed by atoms with Crippen LogP contribution in [-0.4, -0.2) is 34.9 Å². The minimum absolute atomic E-state index is 0.0895. The van der Waals surface area contributed by atoms with E-state index in [1.807, 2.05) is 6.92 Å². The molecule has 1 unspecified atom stereocenters. The Balaban J connectivity index is 5.66. The van der Waals surface area contributed by atoms with Gasteiger partial charge in [-0.2, -0.15) is 0 Å². The highest BCUT2D eigenvalue weighted by atomic mass is 16.5. The van der Waals surface area contributed by atoms with Crippen molar-refractivity contribution in [3.63, 3.8) is 0 Å². The van der Waals surface area contributed by atoms with Gasteiger partial charge < -0.3 is 14.9 Å². The lowest BCUT2D eigenvalue weighted by molar-refractivity contribution is -0.138. The molecular formula is C15H26O5. The second-order valence-corrected chi connectivity index (χ2v) is 5.77. The number of hydrogen-bond acceptors (Lipinski definition) is 3. The molecule has 1 atom stereocenters. The van der Waals surface area contributed by atoms with Crippen LogP contribution >= 0.6 is 0 Å². The fraction of sp³-hybridized carbons (Fsp3) is 0.733. The molecule has 0 fully saturated rings. The number of ether oxygens (including phenoxy) is 1. The van der Waals surface area contributed by atoms with Gasteiger partial charge in [-0.3, -0.25) is 0 Å². The topological polar surface area (TPSA) is 83.8 Å². The molecule has 5 nitrogen and oxygen atoms in total. The van der Waals surface area contributed by atoms with E-state index in [2.05, 4.69) is 0 Å². The number of carboxylic acids is 2. The number of hydrogen-bond donors (Lipinski definition) is 2. The Morgan fingerprint density at radius 1 is 1.10 bits per heavy atom. The van der Waals surface area contributed by atoms with Crippen LogP contribution in [-0.2, 0) is 14.3 Å². The molecule has 116 valence electrons. The first-order chi connectivity index (χ1) is 9.16. The van der Waals surface area contributed by atoms with E-state index < -0.39 is 23.5 Å². The Hall–Kier alpha value is -1.36. The van der Waals surface area contributed by atoms with Crippen LogP contribution in [0.25, 0.3) is 0 Å². The molecule has 0 bridgehead atoms. The van der Waals surface area contributed by atoms with E-state index in [-0.39, 0.29) is 11.1 Å². The fourth-order valence-electron chi connectivity index (χ4n) is 2.02. The third-order valence-corrected chi connectivity index (χ3v) is 2.97. The zero-order chi connectivity index (χ0) is 15.9. The molecule has 0 aromatic rings. The van der Waals surface area contributed by atoms with Gasteiger partial charge in [0.25, 0.3) is 0 Å². The molecule has 2 N–H and O–H groups in total. The SMILES string of the molecule is CCCCOC(CC)C(C(=O)O)=C(C(=O)O)C(C)(C)C. The van der Waals surface area contributed by atoms with Crippen LogP contribution in [0, 0.1) is 5.41 Å². The lowest BCUT2D eigenvalue weighted by Gasteiger charge is -2.26. The monoisotopic (exact) mass is 286 g/mol. The first-order valence-electron chi connectivity index (χ1n) is 6.99. The normalized spacial score (nSPS) is 14.7. The highest BCUT2D eigenvalue weighted by Crippen LogP contribution is 2.31. The number of carbonyl (C=O) groups is 2. The van der Waals surface area contributed by atoms with E-state index >= 15 is 0 Å². The van der Waals surface area contributed by atoms with E-state index in [9.17, 15) is 19.8 Å². The van der Waals surface area contributed by atoms with E-state index in [0.29, 0.717) is 13.0 Å². The molecular weight excluding hydrogens is 260 g/mol. The summed E-state index contributed by atoms with van der Waals surface area (Å²) in [6.07, 6.45) is 1.50. The summed E-state index contributed by atoms with van der Waals surface area (Å²) in [6, 6.07) is 0. The van der Waals surface area contributed by atoms with E-state index in [4.69, 9.17) is 4.74 Å². The van der Waals surface area contributed by atoms with Crippen molar-refractivity contribution in [3.8, 4) is 0 Å². The first-order valence-corrected chi connectivity index (χ1v) is 6.99. The number of rotatable bonds is 8. The summed E-state index contributed by atoms with van der Waals surface area (Å²) in [4.78, 5) is 23.0. The average Bonchev–Trinajstić information content (AvgIpc) is 2.30. The second-order valence-electron chi connectivity index (χ2n) is 5.77. The third kappa shape index (κ3) is 5.33. The molecule has 0 spiro atoms. The molecule has 20 heavy (non-hydrogen) atoms. The van der Waals surface area contributed by atoms with E-state index in [0.717, 1.165) is 12.8 Å². The molecule has 0 radical (unpaired) electrons. The van der Waals surface area contributed by atoms with Gasteiger partial charge in [0.15, 0.2) is 0 Å². The molecule has 0 saturated carbocycles. The summed E-state index contributed by atoms with van der Waals surface area (Å²) in [5, 5.41) is 18.8. The van der Waals surface area contributed by atoms with Gasteiger partial charge >= 0.3 is 11.9 Å². The largest absolute Gasteiger partial charge is 0.478 e. The van der Waals surface area contributed by atoms with Crippen molar-refractivity contribution in [3.05, 3.63) is 11.1 Å². The maximum absolute atomic E-state index is 11.5. The Morgan fingerprint density at radius 3 is 1.95 bits per heavy atom. The molecule has 0 saturated heterocycles.